The lowest BCUT2D eigenvalue weighted by molar-refractivity contribution is -0.0375. The van der Waals surface area contributed by atoms with Crippen LogP contribution in [0.1, 0.15) is 27.2 Å². The highest BCUT2D eigenvalue weighted by Crippen LogP contribution is 2.20. The van der Waals surface area contributed by atoms with Crippen LogP contribution < -0.4 is 11.3 Å². The normalized spacial score (nSPS) is 20.5. The van der Waals surface area contributed by atoms with E-state index in [1.54, 1.807) is 0 Å². The van der Waals surface area contributed by atoms with Crippen LogP contribution >= 0.6 is 0 Å². The molecule has 0 bridgehead atoms. The van der Waals surface area contributed by atoms with Crippen LogP contribution in [0.2, 0.25) is 0 Å². The minimum Gasteiger partial charge on any atom is -0.380 e. The van der Waals surface area contributed by atoms with E-state index < -0.39 is 0 Å². The zero-order valence-corrected chi connectivity index (χ0v) is 11.4. The summed E-state index contributed by atoms with van der Waals surface area (Å²) in [6, 6.07) is 0.132. The monoisotopic (exact) mass is 245 g/mol. The van der Waals surface area contributed by atoms with E-state index in [9.17, 15) is 0 Å². The van der Waals surface area contributed by atoms with Crippen molar-refractivity contribution in [2.75, 3.05) is 39.5 Å². The molecule has 0 aliphatic carbocycles. The Kier molecular flexibility index (Phi) is 6.37. The number of morpholine rings is 1. The van der Waals surface area contributed by atoms with Crippen LogP contribution in [-0.4, -0.2) is 56.0 Å². The molecule has 0 aromatic rings. The number of ether oxygens (including phenoxy) is 2. The molecule has 3 N–H and O–H groups in total. The lowest BCUT2D eigenvalue weighted by Crippen LogP contribution is -2.63. The Morgan fingerprint density at radius 2 is 2.06 bits per heavy atom. The largest absolute Gasteiger partial charge is 0.380 e. The van der Waals surface area contributed by atoms with Gasteiger partial charge in [0, 0.05) is 25.2 Å². The average Bonchev–Trinajstić information content (AvgIpc) is 2.35. The van der Waals surface area contributed by atoms with Gasteiger partial charge in [0.15, 0.2) is 0 Å². The molecule has 0 aromatic heterocycles. The Bertz CT molecular complexity index is 206. The van der Waals surface area contributed by atoms with Gasteiger partial charge in [-0.3, -0.25) is 16.2 Å². The molecule has 1 aliphatic rings. The van der Waals surface area contributed by atoms with Gasteiger partial charge in [-0.25, -0.2) is 0 Å². The lowest BCUT2D eigenvalue weighted by Gasteiger charge is -2.45. The first-order chi connectivity index (χ1) is 8.12. The van der Waals surface area contributed by atoms with E-state index in [1.807, 2.05) is 0 Å². The molecule has 0 saturated carbocycles. The molecule has 1 fully saturated rings. The Morgan fingerprint density at radius 3 is 2.59 bits per heavy atom. The van der Waals surface area contributed by atoms with Crippen LogP contribution in [0.25, 0.3) is 0 Å². The number of hydrogen-bond donors (Lipinski definition) is 2. The molecule has 0 spiro atoms. The first kappa shape index (κ1) is 14.9. The molecule has 1 heterocycles. The minimum atomic E-state index is -0.0216. The zero-order valence-electron chi connectivity index (χ0n) is 11.4. The summed E-state index contributed by atoms with van der Waals surface area (Å²) in [4.78, 5) is 2.41. The second-order valence-electron chi connectivity index (χ2n) is 5.05. The zero-order chi connectivity index (χ0) is 12.7. The van der Waals surface area contributed by atoms with E-state index in [2.05, 4.69) is 31.1 Å². The van der Waals surface area contributed by atoms with Crippen LogP contribution in [-0.2, 0) is 9.47 Å². The van der Waals surface area contributed by atoms with E-state index in [1.165, 1.54) is 0 Å². The second kappa shape index (κ2) is 7.28. The number of rotatable bonds is 7. The van der Waals surface area contributed by atoms with Gasteiger partial charge >= 0.3 is 0 Å². The number of hydrazine groups is 1. The summed E-state index contributed by atoms with van der Waals surface area (Å²) in [5.41, 5.74) is 2.87. The van der Waals surface area contributed by atoms with Crippen molar-refractivity contribution in [3.8, 4) is 0 Å². The lowest BCUT2D eigenvalue weighted by atomic mass is 9.92. The van der Waals surface area contributed by atoms with Crippen molar-refractivity contribution >= 4 is 0 Å². The van der Waals surface area contributed by atoms with Gasteiger partial charge < -0.3 is 9.47 Å². The van der Waals surface area contributed by atoms with Crippen LogP contribution in [0.5, 0.6) is 0 Å². The van der Waals surface area contributed by atoms with Gasteiger partial charge in [0.25, 0.3) is 0 Å². The number of hydrogen-bond acceptors (Lipinski definition) is 5. The molecular formula is C12H27N3O2. The Labute approximate surface area is 105 Å². The van der Waals surface area contributed by atoms with Gasteiger partial charge in [0.2, 0.25) is 0 Å². The van der Waals surface area contributed by atoms with Gasteiger partial charge in [-0.15, -0.1) is 0 Å². The topological polar surface area (TPSA) is 59.8 Å². The Hall–Kier alpha value is -0.200. The third-order valence-corrected chi connectivity index (χ3v) is 3.51. The van der Waals surface area contributed by atoms with Crippen LogP contribution in [0.15, 0.2) is 0 Å². The van der Waals surface area contributed by atoms with Gasteiger partial charge in [0.05, 0.1) is 25.9 Å². The molecular weight excluding hydrogens is 218 g/mol. The fourth-order valence-corrected chi connectivity index (χ4v) is 2.16. The van der Waals surface area contributed by atoms with Gasteiger partial charge in [-0.2, -0.15) is 0 Å². The van der Waals surface area contributed by atoms with Crippen molar-refractivity contribution in [1.29, 1.82) is 0 Å². The molecule has 1 saturated heterocycles. The third-order valence-electron chi connectivity index (χ3n) is 3.51. The number of nitrogens with one attached hydrogen (secondary N) is 1. The van der Waals surface area contributed by atoms with Crippen molar-refractivity contribution < 1.29 is 9.47 Å². The fraction of sp³-hybridized carbons (Fsp3) is 1.00. The highest BCUT2D eigenvalue weighted by molar-refractivity contribution is 4.93. The third kappa shape index (κ3) is 4.19. The van der Waals surface area contributed by atoms with Crippen molar-refractivity contribution in [2.24, 2.45) is 5.84 Å². The molecule has 5 heteroatoms. The first-order valence-corrected chi connectivity index (χ1v) is 6.49. The Balaban J connectivity index is 2.50. The molecule has 1 atom stereocenters. The van der Waals surface area contributed by atoms with Crippen molar-refractivity contribution in [3.63, 3.8) is 0 Å². The Morgan fingerprint density at radius 1 is 1.41 bits per heavy atom. The highest BCUT2D eigenvalue weighted by atomic mass is 16.5. The van der Waals surface area contributed by atoms with Crippen LogP contribution in [0.4, 0.5) is 0 Å². The standard InChI is InChI=1S/C12H27N3O2/c1-4-7-17-10-11(14-13)12(2,3)15-5-8-16-9-6-15/h11,14H,4-10,13H2,1-3H3. The van der Waals surface area contributed by atoms with E-state index in [-0.39, 0.29) is 11.6 Å². The summed E-state index contributed by atoms with van der Waals surface area (Å²) < 4.78 is 11.0. The van der Waals surface area contributed by atoms with Crippen LogP contribution in [0, 0.1) is 0 Å². The van der Waals surface area contributed by atoms with Crippen molar-refractivity contribution in [2.45, 2.75) is 38.8 Å². The maximum Gasteiger partial charge on any atom is 0.0650 e. The van der Waals surface area contributed by atoms with Crippen molar-refractivity contribution in [1.82, 2.24) is 10.3 Å². The average molecular weight is 245 g/mol. The van der Waals surface area contributed by atoms with E-state index in [4.69, 9.17) is 15.3 Å². The molecule has 17 heavy (non-hydrogen) atoms. The van der Waals surface area contributed by atoms with E-state index >= 15 is 0 Å². The van der Waals surface area contributed by atoms with E-state index in [0.717, 1.165) is 39.3 Å². The number of nitrogens with two attached hydrogens (primary N) is 1. The molecule has 1 unspecified atom stereocenters. The molecule has 0 aromatic carbocycles. The smallest absolute Gasteiger partial charge is 0.0650 e. The van der Waals surface area contributed by atoms with Gasteiger partial charge in [-0.1, -0.05) is 6.92 Å². The summed E-state index contributed by atoms with van der Waals surface area (Å²) in [6.45, 7) is 11.5. The van der Waals surface area contributed by atoms with Gasteiger partial charge in [0.1, 0.15) is 0 Å². The molecule has 0 radical (unpaired) electrons. The van der Waals surface area contributed by atoms with Gasteiger partial charge in [-0.05, 0) is 20.3 Å². The summed E-state index contributed by atoms with van der Waals surface area (Å²) in [7, 11) is 0. The molecule has 1 rings (SSSR count). The first-order valence-electron chi connectivity index (χ1n) is 6.49. The minimum absolute atomic E-state index is 0.0216. The van der Waals surface area contributed by atoms with Crippen molar-refractivity contribution in [3.05, 3.63) is 0 Å². The highest BCUT2D eigenvalue weighted by Gasteiger charge is 2.35. The molecule has 5 nitrogen and oxygen atoms in total. The fourth-order valence-electron chi connectivity index (χ4n) is 2.16. The molecule has 102 valence electrons. The number of nitrogens with zero attached hydrogens (tertiary/aromatic N) is 1. The van der Waals surface area contributed by atoms with Crippen LogP contribution in [0.3, 0.4) is 0 Å². The predicted molar refractivity (Wildman–Crippen MR) is 68.7 cm³/mol. The second-order valence-corrected chi connectivity index (χ2v) is 5.05. The summed E-state index contributed by atoms with van der Waals surface area (Å²) in [6.07, 6.45) is 1.04. The van der Waals surface area contributed by atoms with E-state index in [0.29, 0.717) is 6.61 Å². The molecule has 0 amide bonds. The quantitative estimate of drug-likeness (QED) is 0.385. The summed E-state index contributed by atoms with van der Waals surface area (Å²) in [5.74, 6) is 5.66. The SMILES string of the molecule is CCCOCC(NN)C(C)(C)N1CCOCC1. The predicted octanol–water partition coefficient (Wildman–Crippen LogP) is 0.356. The summed E-state index contributed by atoms with van der Waals surface area (Å²) in [5, 5.41) is 0. The molecule has 1 aliphatic heterocycles. The maximum absolute atomic E-state index is 5.66. The summed E-state index contributed by atoms with van der Waals surface area (Å²) >= 11 is 0. The maximum atomic E-state index is 5.66.